The first-order valence-corrected chi connectivity index (χ1v) is 8.98. The van der Waals surface area contributed by atoms with Gasteiger partial charge in [0, 0.05) is 22.7 Å². The molecular formula is C17H9ClIN3O6. The van der Waals surface area contributed by atoms with Crippen molar-refractivity contribution < 1.29 is 24.4 Å². The highest BCUT2D eigenvalue weighted by atomic mass is 127. The van der Waals surface area contributed by atoms with Crippen LogP contribution in [0.5, 0.6) is 5.75 Å². The second-order valence-corrected chi connectivity index (χ2v) is 7.16. The summed E-state index contributed by atoms with van der Waals surface area (Å²) in [5, 5.41) is 23.6. The van der Waals surface area contributed by atoms with Gasteiger partial charge in [0.25, 0.3) is 17.5 Å². The average Bonchev–Trinajstić information content (AvgIpc) is 2.63. The number of carbonyl (C=O) groups is 3. The Balaban J connectivity index is 2.09. The number of nitrogens with one attached hydrogen (secondary N) is 1. The molecule has 9 nitrogen and oxygen atoms in total. The number of rotatable bonds is 3. The minimum absolute atomic E-state index is 0.109. The Morgan fingerprint density at radius 1 is 1.18 bits per heavy atom. The van der Waals surface area contributed by atoms with Crippen molar-refractivity contribution in [2.24, 2.45) is 0 Å². The van der Waals surface area contributed by atoms with Crippen molar-refractivity contribution in [3.63, 3.8) is 0 Å². The number of aromatic hydroxyl groups is 1. The van der Waals surface area contributed by atoms with Crippen molar-refractivity contribution in [2.75, 3.05) is 4.90 Å². The number of nitro benzene ring substituents is 1. The van der Waals surface area contributed by atoms with Crippen LogP contribution in [0.2, 0.25) is 5.02 Å². The molecule has 0 radical (unpaired) electrons. The van der Waals surface area contributed by atoms with E-state index in [4.69, 9.17) is 11.6 Å². The topological polar surface area (TPSA) is 130 Å². The second kappa shape index (κ2) is 7.56. The number of imide groups is 2. The van der Waals surface area contributed by atoms with Gasteiger partial charge in [-0.05, 0) is 52.9 Å². The number of anilines is 1. The Labute approximate surface area is 175 Å². The van der Waals surface area contributed by atoms with Crippen LogP contribution in [0.3, 0.4) is 0 Å². The number of nitro groups is 1. The van der Waals surface area contributed by atoms with Crippen molar-refractivity contribution >= 4 is 69.5 Å². The third kappa shape index (κ3) is 3.68. The molecule has 0 aliphatic carbocycles. The van der Waals surface area contributed by atoms with E-state index in [1.165, 1.54) is 24.3 Å². The molecule has 11 heteroatoms. The SMILES string of the molecule is O=C1NC(=O)N(c2ccc(Cl)cc2)C(=O)/C1=C/c1cc([N+](=O)[O-])cc(I)c1O. The number of phenolic OH excluding ortho intramolecular Hbond substituents is 1. The number of hydrogen-bond donors (Lipinski definition) is 2. The monoisotopic (exact) mass is 513 g/mol. The van der Waals surface area contributed by atoms with Crippen LogP contribution in [0.1, 0.15) is 5.56 Å². The maximum Gasteiger partial charge on any atom is 0.335 e. The first-order valence-electron chi connectivity index (χ1n) is 7.53. The summed E-state index contributed by atoms with van der Waals surface area (Å²) in [5.41, 5.74) is -0.741. The molecule has 1 fully saturated rings. The van der Waals surface area contributed by atoms with E-state index in [9.17, 15) is 29.6 Å². The van der Waals surface area contributed by atoms with E-state index < -0.39 is 28.3 Å². The number of barbiturate groups is 1. The lowest BCUT2D eigenvalue weighted by Crippen LogP contribution is -2.54. The molecular weight excluding hydrogens is 505 g/mol. The zero-order valence-electron chi connectivity index (χ0n) is 13.7. The molecule has 1 aliphatic rings. The predicted octanol–water partition coefficient (Wildman–Crippen LogP) is 3.22. The molecule has 0 atom stereocenters. The lowest BCUT2D eigenvalue weighted by molar-refractivity contribution is -0.385. The number of hydrogen-bond acceptors (Lipinski definition) is 6. The van der Waals surface area contributed by atoms with E-state index in [1.807, 2.05) is 5.32 Å². The number of urea groups is 1. The van der Waals surface area contributed by atoms with E-state index in [2.05, 4.69) is 0 Å². The standard InChI is InChI=1S/C17H9ClIN3O6/c18-9-1-3-10(4-2-9)21-16(25)12(15(24)20-17(21)26)6-8-5-11(22(27)28)7-13(19)14(8)23/h1-7,23H,(H,20,24,26)/b12-6+. The van der Waals surface area contributed by atoms with Gasteiger partial charge in [0.2, 0.25) is 0 Å². The molecule has 2 aromatic rings. The van der Waals surface area contributed by atoms with Crippen LogP contribution in [0, 0.1) is 13.7 Å². The normalized spacial score (nSPS) is 15.7. The maximum atomic E-state index is 12.8. The van der Waals surface area contributed by atoms with Crippen LogP contribution in [-0.2, 0) is 9.59 Å². The quantitative estimate of drug-likeness (QED) is 0.213. The van der Waals surface area contributed by atoms with Gasteiger partial charge in [-0.3, -0.25) is 25.0 Å². The van der Waals surface area contributed by atoms with E-state index in [0.717, 1.165) is 23.1 Å². The van der Waals surface area contributed by atoms with Gasteiger partial charge >= 0.3 is 6.03 Å². The smallest absolute Gasteiger partial charge is 0.335 e. The highest BCUT2D eigenvalue weighted by Gasteiger charge is 2.37. The van der Waals surface area contributed by atoms with Gasteiger partial charge in [-0.1, -0.05) is 11.6 Å². The maximum absolute atomic E-state index is 12.8. The number of amides is 4. The van der Waals surface area contributed by atoms with Crippen LogP contribution >= 0.6 is 34.2 Å². The summed E-state index contributed by atoms with van der Waals surface area (Å²) in [6, 6.07) is 6.98. The lowest BCUT2D eigenvalue weighted by atomic mass is 10.1. The fourth-order valence-corrected chi connectivity index (χ4v) is 3.21. The molecule has 1 saturated heterocycles. The highest BCUT2D eigenvalue weighted by molar-refractivity contribution is 14.1. The second-order valence-electron chi connectivity index (χ2n) is 5.56. The summed E-state index contributed by atoms with van der Waals surface area (Å²) in [6.07, 6.45) is 0.998. The average molecular weight is 514 g/mol. The van der Waals surface area contributed by atoms with E-state index in [-0.39, 0.29) is 26.3 Å². The van der Waals surface area contributed by atoms with Crippen molar-refractivity contribution in [3.8, 4) is 5.75 Å². The molecule has 0 spiro atoms. The summed E-state index contributed by atoms with van der Waals surface area (Å²) in [4.78, 5) is 48.2. The van der Waals surface area contributed by atoms with Gasteiger partial charge in [0.15, 0.2) is 0 Å². The zero-order chi connectivity index (χ0) is 20.6. The molecule has 0 unspecified atom stereocenters. The molecule has 142 valence electrons. The summed E-state index contributed by atoms with van der Waals surface area (Å²) in [5.74, 6) is -2.27. The largest absolute Gasteiger partial charge is 0.506 e. The van der Waals surface area contributed by atoms with Crippen molar-refractivity contribution in [1.82, 2.24) is 5.32 Å². The third-order valence-electron chi connectivity index (χ3n) is 3.77. The van der Waals surface area contributed by atoms with Gasteiger partial charge in [0.05, 0.1) is 14.2 Å². The van der Waals surface area contributed by atoms with Crippen molar-refractivity contribution in [2.45, 2.75) is 0 Å². The number of phenols is 1. The van der Waals surface area contributed by atoms with Crippen LogP contribution < -0.4 is 10.2 Å². The Morgan fingerprint density at radius 2 is 1.82 bits per heavy atom. The molecule has 2 aromatic carbocycles. The number of benzene rings is 2. The highest BCUT2D eigenvalue weighted by Crippen LogP contribution is 2.32. The molecule has 0 aromatic heterocycles. The fourth-order valence-electron chi connectivity index (χ4n) is 2.46. The van der Waals surface area contributed by atoms with Gasteiger partial charge in [-0.15, -0.1) is 0 Å². The minimum atomic E-state index is -0.985. The number of non-ortho nitro benzene ring substituents is 1. The van der Waals surface area contributed by atoms with Gasteiger partial charge in [-0.2, -0.15) is 0 Å². The predicted molar refractivity (Wildman–Crippen MR) is 108 cm³/mol. The van der Waals surface area contributed by atoms with Crippen LogP contribution in [-0.4, -0.2) is 27.9 Å². The number of nitrogens with zero attached hydrogens (tertiary/aromatic N) is 2. The summed E-state index contributed by atoms with van der Waals surface area (Å²) < 4.78 is 0.160. The molecule has 3 rings (SSSR count). The molecule has 1 heterocycles. The lowest BCUT2D eigenvalue weighted by Gasteiger charge is -2.26. The molecule has 0 bridgehead atoms. The van der Waals surface area contributed by atoms with Crippen LogP contribution in [0.15, 0.2) is 42.0 Å². The third-order valence-corrected chi connectivity index (χ3v) is 4.85. The first-order chi connectivity index (χ1) is 13.2. The summed E-state index contributed by atoms with van der Waals surface area (Å²) in [6.45, 7) is 0. The minimum Gasteiger partial charge on any atom is -0.506 e. The first kappa shape index (κ1) is 19.8. The fraction of sp³-hybridized carbons (Fsp3) is 0. The van der Waals surface area contributed by atoms with Gasteiger partial charge in [-0.25, -0.2) is 9.69 Å². The summed E-state index contributed by atoms with van der Waals surface area (Å²) >= 11 is 7.49. The number of carbonyl (C=O) groups excluding carboxylic acids is 3. The van der Waals surface area contributed by atoms with Crippen LogP contribution in [0.4, 0.5) is 16.2 Å². The molecule has 0 saturated carbocycles. The van der Waals surface area contributed by atoms with E-state index >= 15 is 0 Å². The molecule has 28 heavy (non-hydrogen) atoms. The van der Waals surface area contributed by atoms with Gasteiger partial charge < -0.3 is 5.11 Å². The van der Waals surface area contributed by atoms with Crippen molar-refractivity contribution in [3.05, 3.63) is 66.2 Å². The van der Waals surface area contributed by atoms with Gasteiger partial charge in [0.1, 0.15) is 11.3 Å². The van der Waals surface area contributed by atoms with E-state index in [1.54, 1.807) is 22.6 Å². The molecule has 1 aliphatic heterocycles. The molecule has 2 N–H and O–H groups in total. The Morgan fingerprint density at radius 3 is 2.43 bits per heavy atom. The van der Waals surface area contributed by atoms with E-state index in [0.29, 0.717) is 5.02 Å². The number of halogens is 2. The zero-order valence-corrected chi connectivity index (χ0v) is 16.6. The Hall–Kier alpha value is -2.99. The van der Waals surface area contributed by atoms with Crippen LogP contribution in [0.25, 0.3) is 6.08 Å². The summed E-state index contributed by atoms with van der Waals surface area (Å²) in [7, 11) is 0. The Kier molecular flexibility index (Phi) is 5.34. The Bertz CT molecular complexity index is 1070. The van der Waals surface area contributed by atoms with Crippen molar-refractivity contribution in [1.29, 1.82) is 0 Å². The molecule has 4 amide bonds.